The van der Waals surface area contributed by atoms with Gasteiger partial charge < -0.3 is 10.6 Å². The van der Waals surface area contributed by atoms with Gasteiger partial charge in [0.2, 0.25) is 10.0 Å². The molecule has 140 valence electrons. The van der Waals surface area contributed by atoms with Gasteiger partial charge in [0, 0.05) is 38.4 Å². The fourth-order valence-electron chi connectivity index (χ4n) is 2.88. The molecule has 2 aromatic rings. The smallest absolute Gasteiger partial charge is 0.258 e. The molecule has 0 atom stereocenters. The Morgan fingerprint density at radius 2 is 1.81 bits per heavy atom. The summed E-state index contributed by atoms with van der Waals surface area (Å²) in [7, 11) is -0.559. The standard InChI is InChI=1S/C18H21N3O3S.ClH/c1-20(2)25(23,24)16-8-7-14-9-10-21(17(14)11-16)18(22)15-5-3-13(12-19)4-6-15;/h3-8,11H,9-10,12,19H2,1-2H3;1H. The molecular weight excluding hydrogens is 374 g/mol. The van der Waals surface area contributed by atoms with Crippen LogP contribution in [0, 0.1) is 0 Å². The number of halogens is 1. The van der Waals surface area contributed by atoms with Gasteiger partial charge in [-0.2, -0.15) is 0 Å². The predicted octanol–water partition coefficient (Wildman–Crippen LogP) is 2.02. The van der Waals surface area contributed by atoms with E-state index in [1.165, 1.54) is 18.4 Å². The second-order valence-electron chi connectivity index (χ2n) is 6.19. The lowest BCUT2D eigenvalue weighted by atomic mass is 10.1. The van der Waals surface area contributed by atoms with Gasteiger partial charge in [0.25, 0.3) is 5.91 Å². The zero-order valence-corrected chi connectivity index (χ0v) is 16.3. The summed E-state index contributed by atoms with van der Waals surface area (Å²) in [6.45, 7) is 0.963. The highest BCUT2D eigenvalue weighted by molar-refractivity contribution is 7.89. The average molecular weight is 396 g/mol. The summed E-state index contributed by atoms with van der Waals surface area (Å²) in [5.74, 6) is -0.137. The van der Waals surface area contributed by atoms with E-state index < -0.39 is 10.0 Å². The van der Waals surface area contributed by atoms with Crippen LogP contribution in [-0.2, 0) is 23.0 Å². The molecule has 0 unspecified atom stereocenters. The number of anilines is 1. The number of sulfonamides is 1. The van der Waals surface area contributed by atoms with Gasteiger partial charge in [-0.15, -0.1) is 12.4 Å². The molecule has 2 aromatic carbocycles. The Hall–Kier alpha value is -1.93. The number of rotatable bonds is 4. The molecule has 2 N–H and O–H groups in total. The lowest BCUT2D eigenvalue weighted by Crippen LogP contribution is -2.29. The van der Waals surface area contributed by atoms with Crippen LogP contribution in [0.15, 0.2) is 47.4 Å². The highest BCUT2D eigenvalue weighted by Crippen LogP contribution is 2.32. The predicted molar refractivity (Wildman–Crippen MR) is 104 cm³/mol. The van der Waals surface area contributed by atoms with Gasteiger partial charge in [-0.05, 0) is 41.8 Å². The number of nitrogens with two attached hydrogens (primary N) is 1. The fourth-order valence-corrected chi connectivity index (χ4v) is 3.80. The summed E-state index contributed by atoms with van der Waals surface area (Å²) in [5.41, 5.74) is 8.74. The minimum absolute atomic E-state index is 0. The van der Waals surface area contributed by atoms with Gasteiger partial charge in [0.15, 0.2) is 0 Å². The van der Waals surface area contributed by atoms with E-state index in [4.69, 9.17) is 5.73 Å². The minimum atomic E-state index is -3.54. The Labute approximate surface area is 160 Å². The van der Waals surface area contributed by atoms with E-state index in [0.29, 0.717) is 30.8 Å². The maximum absolute atomic E-state index is 12.8. The van der Waals surface area contributed by atoms with Gasteiger partial charge in [-0.1, -0.05) is 18.2 Å². The fraction of sp³-hybridized carbons (Fsp3) is 0.278. The van der Waals surface area contributed by atoms with Crippen molar-refractivity contribution < 1.29 is 13.2 Å². The SMILES string of the molecule is CN(C)S(=O)(=O)c1ccc2c(c1)N(C(=O)c1ccc(CN)cc1)CC2.Cl. The minimum Gasteiger partial charge on any atom is -0.326 e. The van der Waals surface area contributed by atoms with Crippen molar-refractivity contribution in [1.29, 1.82) is 0 Å². The van der Waals surface area contributed by atoms with Crippen molar-refractivity contribution in [3.63, 3.8) is 0 Å². The van der Waals surface area contributed by atoms with E-state index in [0.717, 1.165) is 11.1 Å². The lowest BCUT2D eigenvalue weighted by Gasteiger charge is -2.19. The van der Waals surface area contributed by atoms with E-state index in [1.54, 1.807) is 35.2 Å². The molecule has 0 spiro atoms. The quantitative estimate of drug-likeness (QED) is 0.858. The van der Waals surface area contributed by atoms with Crippen LogP contribution in [0.5, 0.6) is 0 Å². The molecule has 3 rings (SSSR count). The van der Waals surface area contributed by atoms with Gasteiger partial charge >= 0.3 is 0 Å². The van der Waals surface area contributed by atoms with Crippen molar-refractivity contribution in [3.05, 3.63) is 59.2 Å². The second-order valence-corrected chi connectivity index (χ2v) is 8.34. The summed E-state index contributed by atoms with van der Waals surface area (Å²) < 4.78 is 25.9. The number of benzene rings is 2. The van der Waals surface area contributed by atoms with Crippen LogP contribution in [-0.4, -0.2) is 39.3 Å². The number of carbonyl (C=O) groups excluding carboxylic acids is 1. The first-order valence-electron chi connectivity index (χ1n) is 8.01. The molecule has 0 fully saturated rings. The van der Waals surface area contributed by atoms with Crippen LogP contribution >= 0.6 is 12.4 Å². The van der Waals surface area contributed by atoms with Crippen LogP contribution in [0.3, 0.4) is 0 Å². The molecule has 0 saturated heterocycles. The number of hydrogen-bond donors (Lipinski definition) is 1. The molecule has 1 amide bonds. The molecule has 0 radical (unpaired) electrons. The number of amides is 1. The highest BCUT2D eigenvalue weighted by atomic mass is 35.5. The van der Waals surface area contributed by atoms with Crippen LogP contribution in [0.1, 0.15) is 21.5 Å². The molecule has 1 aliphatic heterocycles. The third-order valence-corrected chi connectivity index (χ3v) is 6.22. The van der Waals surface area contributed by atoms with Crippen LogP contribution in [0.2, 0.25) is 0 Å². The molecule has 6 nitrogen and oxygen atoms in total. The number of nitrogens with zero attached hydrogens (tertiary/aromatic N) is 2. The maximum atomic E-state index is 12.8. The maximum Gasteiger partial charge on any atom is 0.258 e. The van der Waals surface area contributed by atoms with Crippen molar-refractivity contribution in [2.75, 3.05) is 25.5 Å². The largest absolute Gasteiger partial charge is 0.326 e. The molecule has 0 saturated carbocycles. The average Bonchev–Trinajstić information content (AvgIpc) is 3.04. The zero-order chi connectivity index (χ0) is 18.2. The normalized spacial score (nSPS) is 13.5. The Morgan fingerprint density at radius 3 is 2.38 bits per heavy atom. The molecule has 0 aromatic heterocycles. The monoisotopic (exact) mass is 395 g/mol. The summed E-state index contributed by atoms with van der Waals surface area (Å²) in [6.07, 6.45) is 0.713. The highest BCUT2D eigenvalue weighted by Gasteiger charge is 2.28. The number of fused-ring (bicyclic) bond motifs is 1. The van der Waals surface area contributed by atoms with Crippen molar-refractivity contribution in [2.45, 2.75) is 17.9 Å². The van der Waals surface area contributed by atoms with E-state index in [1.807, 2.05) is 12.1 Å². The number of hydrogen-bond acceptors (Lipinski definition) is 4. The molecule has 0 aliphatic carbocycles. The Bertz CT molecular complexity index is 912. The first kappa shape index (κ1) is 20.4. The summed E-state index contributed by atoms with van der Waals surface area (Å²) >= 11 is 0. The molecule has 0 bridgehead atoms. The van der Waals surface area contributed by atoms with Gasteiger partial charge in [-0.25, -0.2) is 12.7 Å². The summed E-state index contributed by atoms with van der Waals surface area (Å²) in [4.78, 5) is 14.7. The Morgan fingerprint density at radius 1 is 1.15 bits per heavy atom. The molecule has 1 aliphatic rings. The Kier molecular flexibility index (Phi) is 6.08. The van der Waals surface area contributed by atoms with E-state index in [9.17, 15) is 13.2 Å². The van der Waals surface area contributed by atoms with E-state index >= 15 is 0 Å². The molecule has 26 heavy (non-hydrogen) atoms. The summed E-state index contributed by atoms with van der Waals surface area (Å²) in [5, 5.41) is 0. The number of carbonyl (C=O) groups is 1. The second kappa shape index (κ2) is 7.75. The summed E-state index contributed by atoms with van der Waals surface area (Å²) in [6, 6.07) is 12.1. The lowest BCUT2D eigenvalue weighted by molar-refractivity contribution is 0.0989. The third kappa shape index (κ3) is 3.61. The van der Waals surface area contributed by atoms with Crippen molar-refractivity contribution >= 4 is 34.0 Å². The third-order valence-electron chi connectivity index (χ3n) is 4.41. The van der Waals surface area contributed by atoms with E-state index in [2.05, 4.69) is 0 Å². The zero-order valence-electron chi connectivity index (χ0n) is 14.7. The molecular formula is C18H22ClN3O3S. The van der Waals surface area contributed by atoms with Crippen LogP contribution < -0.4 is 10.6 Å². The topological polar surface area (TPSA) is 83.7 Å². The van der Waals surface area contributed by atoms with E-state index in [-0.39, 0.29) is 23.2 Å². The van der Waals surface area contributed by atoms with Gasteiger partial charge in [0.1, 0.15) is 0 Å². The van der Waals surface area contributed by atoms with Crippen molar-refractivity contribution in [3.8, 4) is 0 Å². The van der Waals surface area contributed by atoms with Crippen molar-refractivity contribution in [2.24, 2.45) is 5.73 Å². The molecule has 1 heterocycles. The first-order chi connectivity index (χ1) is 11.8. The first-order valence-corrected chi connectivity index (χ1v) is 9.45. The van der Waals surface area contributed by atoms with Gasteiger partial charge in [-0.3, -0.25) is 4.79 Å². The van der Waals surface area contributed by atoms with Gasteiger partial charge in [0.05, 0.1) is 4.90 Å². The van der Waals surface area contributed by atoms with Crippen molar-refractivity contribution in [1.82, 2.24) is 4.31 Å². The Balaban J connectivity index is 0.00000243. The van der Waals surface area contributed by atoms with Crippen LogP contribution in [0.25, 0.3) is 0 Å². The van der Waals surface area contributed by atoms with Crippen LogP contribution in [0.4, 0.5) is 5.69 Å². The molecule has 8 heteroatoms.